The number of nitrogens with zero attached hydrogens (tertiary/aromatic N) is 2. The second-order valence-electron chi connectivity index (χ2n) is 10.0. The molecule has 1 aliphatic rings. The maximum atomic E-state index is 13.6. The molecule has 1 fully saturated rings. The van der Waals surface area contributed by atoms with Gasteiger partial charge in [-0.1, -0.05) is 88.4 Å². The van der Waals surface area contributed by atoms with E-state index in [4.69, 9.17) is 9.47 Å². The summed E-state index contributed by atoms with van der Waals surface area (Å²) in [4.78, 5) is 31.8. The van der Waals surface area contributed by atoms with Crippen molar-refractivity contribution in [2.75, 3.05) is 52.5 Å². The number of esters is 2. The quantitative estimate of drug-likeness (QED) is 0.219. The number of hydrogen-bond donors (Lipinski definition) is 0. The van der Waals surface area contributed by atoms with Crippen molar-refractivity contribution in [3.8, 4) is 0 Å². The van der Waals surface area contributed by atoms with E-state index >= 15 is 0 Å². The second-order valence-corrected chi connectivity index (χ2v) is 10.0. The predicted octanol–water partition coefficient (Wildman–Crippen LogP) is 5.35. The Kier molecular flexibility index (Phi) is 12.3. The van der Waals surface area contributed by atoms with Crippen LogP contribution in [-0.4, -0.2) is 74.2 Å². The standard InChI is InChI=1S/C32H46N2O4/c1-5-33(6-2)21-15-23-37-31(35)29-27(25-17-11-9-12-18-25)30(28(29)26-19-13-10-14-20-26)32(36)38-24-16-22-34(7-3)8-4/h9-14,17-20,27-30H,5-8,15-16,21-24H2,1-4H3. The zero-order valence-corrected chi connectivity index (χ0v) is 23.7. The van der Waals surface area contributed by atoms with E-state index in [0.29, 0.717) is 13.2 Å². The summed E-state index contributed by atoms with van der Waals surface area (Å²) >= 11 is 0. The lowest BCUT2D eigenvalue weighted by atomic mass is 9.52. The normalized spacial score (nSPS) is 20.8. The third kappa shape index (κ3) is 7.67. The van der Waals surface area contributed by atoms with Crippen LogP contribution in [0.4, 0.5) is 0 Å². The summed E-state index contributed by atoms with van der Waals surface area (Å²) in [6.07, 6.45) is 1.59. The van der Waals surface area contributed by atoms with Crippen LogP contribution >= 0.6 is 0 Å². The number of ether oxygens (including phenoxy) is 2. The molecule has 1 aliphatic carbocycles. The van der Waals surface area contributed by atoms with E-state index in [1.807, 2.05) is 60.7 Å². The largest absolute Gasteiger partial charge is 0.465 e. The highest BCUT2D eigenvalue weighted by Crippen LogP contribution is 2.58. The Morgan fingerprint density at radius 2 is 0.947 bits per heavy atom. The molecule has 208 valence electrons. The van der Waals surface area contributed by atoms with Crippen molar-refractivity contribution in [2.45, 2.75) is 52.4 Å². The fourth-order valence-corrected chi connectivity index (χ4v) is 5.71. The van der Waals surface area contributed by atoms with E-state index in [1.165, 1.54) is 0 Å². The van der Waals surface area contributed by atoms with Gasteiger partial charge in [-0.3, -0.25) is 9.59 Å². The zero-order valence-electron chi connectivity index (χ0n) is 23.7. The van der Waals surface area contributed by atoms with Gasteiger partial charge in [-0.2, -0.15) is 0 Å². The lowest BCUT2D eigenvalue weighted by molar-refractivity contribution is -0.167. The van der Waals surface area contributed by atoms with Crippen LogP contribution in [0.5, 0.6) is 0 Å². The summed E-state index contributed by atoms with van der Waals surface area (Å²) in [6, 6.07) is 19.8. The third-order valence-corrected chi connectivity index (χ3v) is 7.98. The lowest BCUT2D eigenvalue weighted by Gasteiger charge is -2.49. The van der Waals surface area contributed by atoms with Crippen LogP contribution in [0.1, 0.15) is 63.5 Å². The lowest BCUT2D eigenvalue weighted by Crippen LogP contribution is -2.52. The Bertz CT molecular complexity index is 872. The van der Waals surface area contributed by atoms with Crippen LogP contribution in [0.15, 0.2) is 60.7 Å². The van der Waals surface area contributed by atoms with Crippen LogP contribution in [0.3, 0.4) is 0 Å². The van der Waals surface area contributed by atoms with E-state index in [0.717, 1.165) is 63.2 Å². The smallest absolute Gasteiger partial charge is 0.310 e. The van der Waals surface area contributed by atoms with Gasteiger partial charge in [-0.25, -0.2) is 0 Å². The number of carbonyl (C=O) groups is 2. The van der Waals surface area contributed by atoms with Gasteiger partial charge in [0.05, 0.1) is 25.0 Å². The van der Waals surface area contributed by atoms with Gasteiger partial charge in [0.1, 0.15) is 0 Å². The summed E-state index contributed by atoms with van der Waals surface area (Å²) in [6.45, 7) is 15.1. The van der Waals surface area contributed by atoms with Gasteiger partial charge in [0, 0.05) is 24.9 Å². The Labute approximate surface area is 229 Å². The fraction of sp³-hybridized carbons (Fsp3) is 0.562. The molecule has 0 unspecified atom stereocenters. The number of hydrogen-bond acceptors (Lipinski definition) is 6. The van der Waals surface area contributed by atoms with Gasteiger partial charge in [0.25, 0.3) is 0 Å². The molecule has 0 aliphatic heterocycles. The van der Waals surface area contributed by atoms with Crippen molar-refractivity contribution in [3.05, 3.63) is 71.8 Å². The minimum atomic E-state index is -0.429. The molecule has 0 aromatic heterocycles. The molecule has 1 saturated carbocycles. The fourth-order valence-electron chi connectivity index (χ4n) is 5.71. The van der Waals surface area contributed by atoms with Gasteiger partial charge >= 0.3 is 11.9 Å². The Hall–Kier alpha value is -2.70. The SMILES string of the molecule is CCN(CC)CCCOC(=O)C1C(c2ccccc2)C(C(=O)OCCCN(CC)CC)C1c1ccccc1. The molecule has 0 amide bonds. The van der Waals surface area contributed by atoms with E-state index in [1.54, 1.807) is 0 Å². The number of carbonyl (C=O) groups excluding carboxylic acids is 2. The molecular weight excluding hydrogens is 476 g/mol. The molecule has 38 heavy (non-hydrogen) atoms. The summed E-state index contributed by atoms with van der Waals surface area (Å²) < 4.78 is 11.7. The average Bonchev–Trinajstić information content (AvgIpc) is 2.94. The van der Waals surface area contributed by atoms with Gasteiger partial charge in [-0.15, -0.1) is 0 Å². The molecule has 0 saturated heterocycles. The van der Waals surface area contributed by atoms with Gasteiger partial charge in [0.2, 0.25) is 0 Å². The van der Waals surface area contributed by atoms with Crippen LogP contribution in [0.25, 0.3) is 0 Å². The van der Waals surface area contributed by atoms with Crippen LogP contribution < -0.4 is 0 Å². The average molecular weight is 523 g/mol. The van der Waals surface area contributed by atoms with Crippen molar-refractivity contribution < 1.29 is 19.1 Å². The Morgan fingerprint density at radius 1 is 0.605 bits per heavy atom. The highest BCUT2D eigenvalue weighted by Gasteiger charge is 2.59. The summed E-state index contributed by atoms with van der Waals surface area (Å²) in [7, 11) is 0. The highest BCUT2D eigenvalue weighted by atomic mass is 16.5. The van der Waals surface area contributed by atoms with E-state index < -0.39 is 11.8 Å². The summed E-state index contributed by atoms with van der Waals surface area (Å²) in [5, 5.41) is 0. The minimum Gasteiger partial charge on any atom is -0.465 e. The first-order valence-electron chi connectivity index (χ1n) is 14.4. The van der Waals surface area contributed by atoms with Crippen LogP contribution in [0.2, 0.25) is 0 Å². The Balaban J connectivity index is 1.77. The molecule has 6 heteroatoms. The zero-order chi connectivity index (χ0) is 27.3. The van der Waals surface area contributed by atoms with E-state index in [9.17, 15) is 9.59 Å². The Morgan fingerprint density at radius 3 is 1.26 bits per heavy atom. The van der Waals surface area contributed by atoms with Gasteiger partial charge in [-0.05, 0) is 50.1 Å². The maximum Gasteiger partial charge on any atom is 0.310 e. The van der Waals surface area contributed by atoms with Crippen molar-refractivity contribution in [1.82, 2.24) is 9.80 Å². The first-order chi connectivity index (χ1) is 18.5. The summed E-state index contributed by atoms with van der Waals surface area (Å²) in [5.41, 5.74) is 1.96. The van der Waals surface area contributed by atoms with Crippen molar-refractivity contribution in [2.24, 2.45) is 11.8 Å². The molecule has 0 spiro atoms. The van der Waals surface area contributed by atoms with Crippen molar-refractivity contribution >= 4 is 11.9 Å². The molecule has 3 rings (SSSR count). The second kappa shape index (κ2) is 15.6. The highest BCUT2D eigenvalue weighted by molar-refractivity contribution is 5.85. The monoisotopic (exact) mass is 522 g/mol. The van der Waals surface area contributed by atoms with E-state index in [2.05, 4.69) is 37.5 Å². The molecule has 2 aromatic rings. The molecule has 0 heterocycles. The summed E-state index contributed by atoms with van der Waals surface area (Å²) in [5.74, 6) is -1.85. The first kappa shape index (κ1) is 29.9. The number of rotatable bonds is 16. The topological polar surface area (TPSA) is 59.1 Å². The molecule has 2 aromatic carbocycles. The minimum absolute atomic E-state index is 0.224. The number of benzene rings is 2. The molecule has 6 nitrogen and oxygen atoms in total. The van der Waals surface area contributed by atoms with Crippen molar-refractivity contribution in [3.63, 3.8) is 0 Å². The van der Waals surface area contributed by atoms with Crippen molar-refractivity contribution in [1.29, 1.82) is 0 Å². The predicted molar refractivity (Wildman–Crippen MR) is 152 cm³/mol. The molecular formula is C32H46N2O4. The molecule has 0 bridgehead atoms. The van der Waals surface area contributed by atoms with Gasteiger partial charge in [0.15, 0.2) is 0 Å². The molecule has 0 radical (unpaired) electrons. The molecule has 0 atom stereocenters. The van der Waals surface area contributed by atoms with Crippen LogP contribution in [0, 0.1) is 11.8 Å². The first-order valence-corrected chi connectivity index (χ1v) is 14.4. The molecule has 0 N–H and O–H groups in total. The van der Waals surface area contributed by atoms with E-state index in [-0.39, 0.29) is 23.8 Å². The van der Waals surface area contributed by atoms with Crippen LogP contribution in [-0.2, 0) is 19.1 Å². The van der Waals surface area contributed by atoms with Gasteiger partial charge < -0.3 is 19.3 Å². The third-order valence-electron chi connectivity index (χ3n) is 7.98. The maximum absolute atomic E-state index is 13.6.